The monoisotopic (exact) mass is 810 g/mol. The van der Waals surface area contributed by atoms with E-state index >= 15 is 0 Å². The zero-order valence-electron chi connectivity index (χ0n) is 34.1. The van der Waals surface area contributed by atoms with Crippen molar-refractivity contribution in [3.05, 3.63) is 11.6 Å². The van der Waals surface area contributed by atoms with Crippen LogP contribution in [0.2, 0.25) is 0 Å². The van der Waals surface area contributed by atoms with Crippen LogP contribution in [0.25, 0.3) is 0 Å². The summed E-state index contributed by atoms with van der Waals surface area (Å²) in [6.45, 7) is 12.6. The van der Waals surface area contributed by atoms with E-state index in [-0.39, 0.29) is 46.0 Å². The Balaban J connectivity index is 1.15. The fourth-order valence-corrected chi connectivity index (χ4v) is 13.7. The molecule has 2 heterocycles. The highest BCUT2D eigenvalue weighted by Crippen LogP contribution is 2.76. The molecule has 0 bridgehead atoms. The molecular weight excluding hydrogens is 744 g/mol. The van der Waals surface area contributed by atoms with Crippen LogP contribution < -0.4 is 0 Å². The molecule has 7 aliphatic rings. The van der Waals surface area contributed by atoms with E-state index in [4.69, 9.17) is 18.9 Å². The Labute approximate surface area is 334 Å². The van der Waals surface area contributed by atoms with Gasteiger partial charge in [0.2, 0.25) is 0 Å². The number of aliphatic hydroxyl groups is 7. The SMILES string of the molecule is CC1(C)CC[C@]2(C(=O)O)CC[C@]3(C)C(=CCC4[C@@]5(C)CC[C@H](O[C@@H]6O[C@H](C(=O)O)[C@@H](O)[C@H](O[C@@H]7O[C@H](CO)[C@H](O)[C@H](O)[C@H]7O)[C@H]6O)[C@@](C)(CO)C5CC[C@]43C)[C@@H]2C1. The molecule has 57 heavy (non-hydrogen) atoms. The van der Waals surface area contributed by atoms with Gasteiger partial charge < -0.3 is 64.9 Å². The number of carboxylic acid groups (broad SMARTS) is 2. The lowest BCUT2D eigenvalue weighted by atomic mass is 9.33. The Morgan fingerprint density at radius 3 is 2.05 bits per heavy atom. The van der Waals surface area contributed by atoms with Gasteiger partial charge in [-0.15, -0.1) is 0 Å². The number of aliphatic carboxylic acids is 2. The molecule has 324 valence electrons. The highest BCUT2D eigenvalue weighted by Gasteiger charge is 2.70. The third-order valence-corrected chi connectivity index (χ3v) is 17.4. The average molecular weight is 811 g/mol. The van der Waals surface area contributed by atoms with Gasteiger partial charge in [0.1, 0.15) is 42.7 Å². The number of ether oxygens (including phenoxy) is 4. The van der Waals surface area contributed by atoms with Gasteiger partial charge in [-0.2, -0.15) is 0 Å². The van der Waals surface area contributed by atoms with Gasteiger partial charge in [0.15, 0.2) is 18.7 Å². The van der Waals surface area contributed by atoms with Crippen LogP contribution in [-0.4, -0.2) is 139 Å². The highest BCUT2D eigenvalue weighted by atomic mass is 16.7. The number of carbonyl (C=O) groups is 2. The zero-order valence-corrected chi connectivity index (χ0v) is 34.1. The Hall–Kier alpha value is -1.76. The second kappa shape index (κ2) is 14.7. The quantitative estimate of drug-likeness (QED) is 0.126. The number of carboxylic acids is 2. The van der Waals surface area contributed by atoms with Crippen LogP contribution in [0, 0.1) is 50.2 Å². The van der Waals surface area contributed by atoms with E-state index in [1.54, 1.807) is 0 Å². The molecule has 9 N–H and O–H groups in total. The molecule has 7 rings (SSSR count). The standard InChI is InChI=1S/C42H66O15/c1-37(2)13-15-42(36(52)53)16-14-40(5)20(21(42)17-37)7-8-24-38(3)11-10-25(39(4,19-44)23(38)9-12-41(24,40)6)55-35-30(49)31(29(48)32(57-35)33(50)51)56-34-28(47)27(46)26(45)22(18-43)54-34/h7,21-32,34-35,43-49H,8-19H2,1-6H3,(H,50,51)(H,52,53)/t21-,22+,23?,24?,25-,26-,27-,28+,29-,30+,31-,32-,34-,35+,38-,39-,40+,41+,42-/m0/s1. The van der Waals surface area contributed by atoms with Crippen LogP contribution in [0.15, 0.2) is 11.6 Å². The summed E-state index contributed by atoms with van der Waals surface area (Å²) in [7, 11) is 0. The molecule has 0 aromatic rings. The molecule has 4 saturated carbocycles. The molecule has 5 aliphatic carbocycles. The molecule has 15 heteroatoms. The summed E-state index contributed by atoms with van der Waals surface area (Å²) < 4.78 is 23.3. The van der Waals surface area contributed by atoms with Crippen molar-refractivity contribution in [2.24, 2.45) is 50.2 Å². The van der Waals surface area contributed by atoms with Crippen LogP contribution in [0.5, 0.6) is 0 Å². The van der Waals surface area contributed by atoms with Gasteiger partial charge in [-0.3, -0.25) is 4.79 Å². The molecule has 0 spiro atoms. The lowest BCUT2D eigenvalue weighted by molar-refractivity contribution is -0.366. The van der Waals surface area contributed by atoms with Gasteiger partial charge in [-0.05, 0) is 104 Å². The minimum Gasteiger partial charge on any atom is -0.481 e. The van der Waals surface area contributed by atoms with E-state index in [2.05, 4.69) is 40.7 Å². The Kier molecular flexibility index (Phi) is 11.2. The summed E-state index contributed by atoms with van der Waals surface area (Å²) in [4.78, 5) is 25.4. The number of fused-ring (bicyclic) bond motifs is 7. The molecule has 0 aromatic heterocycles. The molecule has 19 atom stereocenters. The minimum absolute atomic E-state index is 0.0174. The lowest BCUT2D eigenvalue weighted by Crippen LogP contribution is -2.68. The summed E-state index contributed by atoms with van der Waals surface area (Å²) in [6, 6.07) is 0. The average Bonchev–Trinajstić information content (AvgIpc) is 3.15. The second-order valence-electron chi connectivity index (χ2n) is 20.5. The van der Waals surface area contributed by atoms with Crippen LogP contribution in [0.1, 0.15) is 106 Å². The molecule has 2 aliphatic heterocycles. The van der Waals surface area contributed by atoms with Crippen molar-refractivity contribution in [2.75, 3.05) is 13.2 Å². The van der Waals surface area contributed by atoms with Crippen LogP contribution in [-0.2, 0) is 28.5 Å². The summed E-state index contributed by atoms with van der Waals surface area (Å²) in [5.74, 6) is -2.09. The maximum absolute atomic E-state index is 13.1. The first-order valence-corrected chi connectivity index (χ1v) is 21.0. The molecule has 0 radical (unpaired) electrons. The Bertz CT molecular complexity index is 1590. The van der Waals surface area contributed by atoms with Crippen molar-refractivity contribution < 1.29 is 74.5 Å². The van der Waals surface area contributed by atoms with E-state index in [1.807, 2.05) is 6.92 Å². The zero-order chi connectivity index (χ0) is 41.8. The maximum Gasteiger partial charge on any atom is 0.335 e. The van der Waals surface area contributed by atoms with Crippen molar-refractivity contribution >= 4 is 11.9 Å². The molecule has 15 nitrogen and oxygen atoms in total. The number of hydrogen-bond acceptors (Lipinski definition) is 13. The van der Waals surface area contributed by atoms with Gasteiger partial charge in [0.25, 0.3) is 0 Å². The van der Waals surface area contributed by atoms with Crippen molar-refractivity contribution in [3.8, 4) is 0 Å². The third-order valence-electron chi connectivity index (χ3n) is 17.4. The maximum atomic E-state index is 13.1. The molecule has 0 amide bonds. The van der Waals surface area contributed by atoms with E-state index in [9.17, 15) is 55.5 Å². The first kappa shape index (κ1) is 43.3. The fraction of sp³-hybridized carbons (Fsp3) is 0.905. The number of rotatable bonds is 8. The van der Waals surface area contributed by atoms with Crippen LogP contribution >= 0.6 is 0 Å². The van der Waals surface area contributed by atoms with E-state index < -0.39 is 96.9 Å². The number of allylic oxidation sites excluding steroid dienone is 2. The fourth-order valence-electron chi connectivity index (χ4n) is 13.7. The van der Waals surface area contributed by atoms with Crippen LogP contribution in [0.4, 0.5) is 0 Å². The predicted octanol–water partition coefficient (Wildman–Crippen LogP) is 1.95. The van der Waals surface area contributed by atoms with E-state index in [1.165, 1.54) is 5.57 Å². The van der Waals surface area contributed by atoms with Crippen LogP contribution in [0.3, 0.4) is 0 Å². The van der Waals surface area contributed by atoms with Gasteiger partial charge in [-0.25, -0.2) is 4.79 Å². The van der Waals surface area contributed by atoms with E-state index in [0.29, 0.717) is 25.7 Å². The molecular formula is C42H66O15. The van der Waals surface area contributed by atoms with Gasteiger partial charge in [0.05, 0.1) is 24.7 Å². The van der Waals surface area contributed by atoms with Crippen molar-refractivity contribution in [2.45, 2.75) is 173 Å². The van der Waals surface area contributed by atoms with Crippen molar-refractivity contribution in [1.29, 1.82) is 0 Å². The minimum atomic E-state index is -1.98. The lowest BCUT2D eigenvalue weighted by Gasteiger charge is -2.71. The highest BCUT2D eigenvalue weighted by molar-refractivity contribution is 5.76. The molecule has 2 unspecified atom stereocenters. The first-order valence-electron chi connectivity index (χ1n) is 21.0. The largest absolute Gasteiger partial charge is 0.481 e. The summed E-state index contributed by atoms with van der Waals surface area (Å²) in [5.41, 5.74) is -0.836. The van der Waals surface area contributed by atoms with Crippen molar-refractivity contribution in [3.63, 3.8) is 0 Å². The third kappa shape index (κ3) is 6.39. The smallest absolute Gasteiger partial charge is 0.335 e. The van der Waals surface area contributed by atoms with Crippen molar-refractivity contribution in [1.82, 2.24) is 0 Å². The van der Waals surface area contributed by atoms with Gasteiger partial charge in [0, 0.05) is 5.41 Å². The topological polar surface area (TPSA) is 253 Å². The number of hydrogen-bond donors (Lipinski definition) is 9. The van der Waals surface area contributed by atoms with Gasteiger partial charge in [-0.1, -0.05) is 53.2 Å². The number of aliphatic hydroxyl groups excluding tert-OH is 7. The molecule has 6 fully saturated rings. The van der Waals surface area contributed by atoms with E-state index in [0.717, 1.165) is 38.5 Å². The Morgan fingerprint density at radius 2 is 1.42 bits per heavy atom. The van der Waals surface area contributed by atoms with Gasteiger partial charge >= 0.3 is 11.9 Å². The summed E-state index contributed by atoms with van der Waals surface area (Å²) in [6.07, 6.45) is -8.58. The normalized spacial score (nSPS) is 53.3. The Morgan fingerprint density at radius 1 is 0.754 bits per heavy atom. The summed E-state index contributed by atoms with van der Waals surface area (Å²) in [5, 5.41) is 95.4. The predicted molar refractivity (Wildman–Crippen MR) is 200 cm³/mol. The molecule has 0 aromatic carbocycles. The second-order valence-corrected chi connectivity index (χ2v) is 20.5. The first-order chi connectivity index (χ1) is 26.5. The molecule has 2 saturated heterocycles. The summed E-state index contributed by atoms with van der Waals surface area (Å²) >= 11 is 0.